The van der Waals surface area contributed by atoms with Gasteiger partial charge in [0.15, 0.2) is 0 Å². The van der Waals surface area contributed by atoms with E-state index in [9.17, 15) is 0 Å². The van der Waals surface area contributed by atoms with E-state index in [4.69, 9.17) is 0 Å². The van der Waals surface area contributed by atoms with Gasteiger partial charge < -0.3 is 0 Å². The molecule has 0 bridgehead atoms. The lowest BCUT2D eigenvalue weighted by Crippen LogP contribution is -2.22. The van der Waals surface area contributed by atoms with Crippen molar-refractivity contribution in [2.45, 2.75) is 64.2 Å². The average molecular weight is 411 g/mol. The molecule has 2 atom stereocenters. The van der Waals surface area contributed by atoms with Gasteiger partial charge in [-0.1, -0.05) is 78.9 Å². The van der Waals surface area contributed by atoms with Crippen molar-refractivity contribution in [3.8, 4) is 11.1 Å². The third-order valence-corrected chi connectivity index (χ3v) is 7.56. The third-order valence-electron chi connectivity index (χ3n) is 7.56. The smallest absolute Gasteiger partial charge is 0.00533 e. The standard InChI is InChI=1S/C31H38/c1-3-5-7-25-10-14-27(15-11-25)29-18-22-31(23-19-29)30-20-16-28(17-21-30)26-12-8-24(6-4-2)9-13-26/h3-4,6,8,10-12,14-15,18-19,22-24,26,28,30H,1,5,7,9,13,16-17,20-21H2,2H3/b6-4+. The van der Waals surface area contributed by atoms with Crippen molar-refractivity contribution in [3.63, 3.8) is 0 Å². The highest BCUT2D eigenvalue weighted by atomic mass is 14.3. The van der Waals surface area contributed by atoms with Crippen LogP contribution in [0.5, 0.6) is 0 Å². The molecule has 2 aliphatic carbocycles. The molecule has 0 saturated heterocycles. The highest BCUT2D eigenvalue weighted by Gasteiger charge is 2.28. The first-order valence-corrected chi connectivity index (χ1v) is 12.4. The topological polar surface area (TPSA) is 0 Å². The molecule has 162 valence electrons. The summed E-state index contributed by atoms with van der Waals surface area (Å²) in [6.07, 6.45) is 21.9. The molecule has 2 aromatic rings. The van der Waals surface area contributed by atoms with Gasteiger partial charge in [-0.2, -0.15) is 0 Å². The summed E-state index contributed by atoms with van der Waals surface area (Å²) in [6, 6.07) is 18.5. The normalized spacial score (nSPS) is 26.2. The average Bonchev–Trinajstić information content (AvgIpc) is 2.84. The second-order valence-electron chi connectivity index (χ2n) is 9.57. The van der Waals surface area contributed by atoms with Crippen molar-refractivity contribution in [3.05, 3.63) is 96.6 Å². The zero-order valence-electron chi connectivity index (χ0n) is 19.2. The molecule has 4 rings (SSSR count). The van der Waals surface area contributed by atoms with Crippen LogP contribution in [0.4, 0.5) is 0 Å². The van der Waals surface area contributed by atoms with Crippen molar-refractivity contribution in [1.82, 2.24) is 0 Å². The van der Waals surface area contributed by atoms with Gasteiger partial charge in [-0.3, -0.25) is 0 Å². The Kier molecular flexibility index (Phi) is 7.62. The summed E-state index contributed by atoms with van der Waals surface area (Å²) in [5.74, 6) is 3.14. The molecule has 0 spiro atoms. The van der Waals surface area contributed by atoms with Crippen LogP contribution < -0.4 is 0 Å². The Balaban J connectivity index is 1.31. The minimum atomic E-state index is 0.680. The highest BCUT2D eigenvalue weighted by Crippen LogP contribution is 2.42. The van der Waals surface area contributed by atoms with E-state index in [1.807, 2.05) is 6.08 Å². The summed E-state index contributed by atoms with van der Waals surface area (Å²) in [5.41, 5.74) is 5.58. The molecule has 2 unspecified atom stereocenters. The minimum absolute atomic E-state index is 0.680. The van der Waals surface area contributed by atoms with Crippen LogP contribution in [0, 0.1) is 17.8 Å². The quantitative estimate of drug-likeness (QED) is 0.400. The Bertz CT molecular complexity index is 873. The first-order chi connectivity index (χ1) is 15.3. The molecular formula is C31H38. The molecule has 0 amide bonds. The van der Waals surface area contributed by atoms with Gasteiger partial charge in [0.25, 0.3) is 0 Å². The van der Waals surface area contributed by atoms with Crippen LogP contribution in [-0.2, 0) is 6.42 Å². The second-order valence-corrected chi connectivity index (χ2v) is 9.57. The largest absolute Gasteiger partial charge is 0.103 e. The summed E-state index contributed by atoms with van der Waals surface area (Å²) < 4.78 is 0. The van der Waals surface area contributed by atoms with Gasteiger partial charge >= 0.3 is 0 Å². The van der Waals surface area contributed by atoms with E-state index in [1.54, 1.807) is 0 Å². The van der Waals surface area contributed by atoms with E-state index in [-0.39, 0.29) is 0 Å². The predicted molar refractivity (Wildman–Crippen MR) is 135 cm³/mol. The lowest BCUT2D eigenvalue weighted by Gasteiger charge is -2.35. The van der Waals surface area contributed by atoms with Crippen LogP contribution in [0.25, 0.3) is 11.1 Å². The van der Waals surface area contributed by atoms with E-state index in [2.05, 4.69) is 86.3 Å². The molecule has 2 aromatic carbocycles. The summed E-state index contributed by atoms with van der Waals surface area (Å²) in [7, 11) is 0. The van der Waals surface area contributed by atoms with Gasteiger partial charge in [-0.05, 0) is 104 Å². The van der Waals surface area contributed by atoms with Crippen LogP contribution in [0.15, 0.2) is 85.5 Å². The van der Waals surface area contributed by atoms with Gasteiger partial charge in [0, 0.05) is 0 Å². The number of hydrogen-bond acceptors (Lipinski definition) is 0. The fraction of sp³-hybridized carbons (Fsp3) is 0.419. The van der Waals surface area contributed by atoms with Crippen LogP contribution in [0.3, 0.4) is 0 Å². The molecule has 0 aliphatic heterocycles. The van der Waals surface area contributed by atoms with Gasteiger partial charge in [-0.15, -0.1) is 6.58 Å². The van der Waals surface area contributed by atoms with Gasteiger partial charge in [0.05, 0.1) is 0 Å². The first-order valence-electron chi connectivity index (χ1n) is 12.4. The maximum Gasteiger partial charge on any atom is -0.00533 e. The lowest BCUT2D eigenvalue weighted by atomic mass is 9.70. The van der Waals surface area contributed by atoms with Crippen LogP contribution in [-0.4, -0.2) is 0 Å². The van der Waals surface area contributed by atoms with E-state index >= 15 is 0 Å². The summed E-state index contributed by atoms with van der Waals surface area (Å²) >= 11 is 0. The molecule has 1 fully saturated rings. The predicted octanol–water partition coefficient (Wildman–Crippen LogP) is 8.90. The Morgan fingerprint density at radius 2 is 1.48 bits per heavy atom. The van der Waals surface area contributed by atoms with E-state index < -0.39 is 0 Å². The molecule has 0 radical (unpaired) electrons. The molecule has 0 heteroatoms. The van der Waals surface area contributed by atoms with Crippen molar-refractivity contribution in [1.29, 1.82) is 0 Å². The number of aryl methyl sites for hydroxylation is 1. The molecular weight excluding hydrogens is 372 g/mol. The van der Waals surface area contributed by atoms with Crippen molar-refractivity contribution < 1.29 is 0 Å². The third kappa shape index (κ3) is 5.67. The Morgan fingerprint density at radius 1 is 0.806 bits per heavy atom. The molecule has 31 heavy (non-hydrogen) atoms. The number of hydrogen-bond donors (Lipinski definition) is 0. The summed E-state index contributed by atoms with van der Waals surface area (Å²) in [5, 5.41) is 0. The van der Waals surface area contributed by atoms with Crippen molar-refractivity contribution >= 4 is 0 Å². The number of allylic oxidation sites excluding steroid dienone is 5. The summed E-state index contributed by atoms with van der Waals surface area (Å²) in [4.78, 5) is 0. The molecule has 0 heterocycles. The van der Waals surface area contributed by atoms with Crippen molar-refractivity contribution in [2.75, 3.05) is 0 Å². The maximum absolute atomic E-state index is 3.82. The first kappa shape index (κ1) is 21.9. The Morgan fingerprint density at radius 3 is 2.06 bits per heavy atom. The van der Waals surface area contributed by atoms with Crippen LogP contribution >= 0.6 is 0 Å². The zero-order chi connectivity index (χ0) is 21.5. The van der Waals surface area contributed by atoms with Gasteiger partial charge in [-0.25, -0.2) is 0 Å². The fourth-order valence-electron chi connectivity index (χ4n) is 5.62. The monoisotopic (exact) mass is 410 g/mol. The molecule has 0 N–H and O–H groups in total. The van der Waals surface area contributed by atoms with E-state index in [0.717, 1.165) is 30.6 Å². The lowest BCUT2D eigenvalue weighted by molar-refractivity contribution is 0.245. The number of benzene rings is 2. The van der Waals surface area contributed by atoms with E-state index in [1.165, 1.54) is 60.8 Å². The van der Waals surface area contributed by atoms with Crippen LogP contribution in [0.1, 0.15) is 68.9 Å². The molecule has 0 nitrogen and oxygen atoms in total. The summed E-state index contributed by atoms with van der Waals surface area (Å²) in [6.45, 7) is 5.95. The number of rotatable bonds is 7. The van der Waals surface area contributed by atoms with Crippen LogP contribution in [0.2, 0.25) is 0 Å². The van der Waals surface area contributed by atoms with Gasteiger partial charge in [0.1, 0.15) is 0 Å². The Hall–Kier alpha value is -2.34. The van der Waals surface area contributed by atoms with Crippen molar-refractivity contribution in [2.24, 2.45) is 17.8 Å². The molecule has 0 aromatic heterocycles. The highest BCUT2D eigenvalue weighted by molar-refractivity contribution is 5.64. The SMILES string of the molecule is C=CCCc1ccc(-c2ccc(C3CCC(C4C=CC(/C=C/C)CC4)CC3)cc2)cc1. The minimum Gasteiger partial charge on any atom is -0.103 e. The molecule has 1 saturated carbocycles. The zero-order valence-corrected chi connectivity index (χ0v) is 19.2. The molecule has 2 aliphatic rings. The Labute approximate surface area is 189 Å². The maximum atomic E-state index is 3.82. The second kappa shape index (κ2) is 10.8. The van der Waals surface area contributed by atoms with E-state index in [0.29, 0.717) is 5.92 Å². The van der Waals surface area contributed by atoms with Gasteiger partial charge in [0.2, 0.25) is 0 Å². The fourth-order valence-corrected chi connectivity index (χ4v) is 5.62.